The number of carboxylic acid groups (broad SMARTS) is 1. The molecule has 2 atom stereocenters. The van der Waals surface area contributed by atoms with Crippen LogP contribution < -0.4 is 5.32 Å². The number of carbonyl (C=O) groups is 2. The van der Waals surface area contributed by atoms with Crippen LogP contribution in [0.2, 0.25) is 0 Å². The molecule has 7 heteroatoms. The lowest BCUT2D eigenvalue weighted by molar-refractivity contribution is -0.141. The van der Waals surface area contributed by atoms with E-state index in [1.54, 1.807) is 25.6 Å². The van der Waals surface area contributed by atoms with E-state index in [9.17, 15) is 9.59 Å². The molecule has 2 rings (SSSR count). The highest BCUT2D eigenvalue weighted by atomic mass is 16.4. The van der Waals surface area contributed by atoms with Gasteiger partial charge in [0.25, 0.3) is 5.91 Å². The third-order valence-electron chi connectivity index (χ3n) is 4.13. The third kappa shape index (κ3) is 3.13. The van der Waals surface area contributed by atoms with Crippen molar-refractivity contribution in [1.29, 1.82) is 0 Å². The van der Waals surface area contributed by atoms with Crippen LogP contribution in [-0.2, 0) is 11.8 Å². The second-order valence-corrected chi connectivity index (χ2v) is 5.85. The first-order chi connectivity index (χ1) is 10.7. The van der Waals surface area contributed by atoms with E-state index in [4.69, 9.17) is 5.11 Å². The monoisotopic (exact) mass is 318 g/mol. The Hall–Kier alpha value is -2.57. The van der Waals surface area contributed by atoms with Gasteiger partial charge in [-0.3, -0.25) is 14.3 Å². The van der Waals surface area contributed by atoms with Crippen molar-refractivity contribution in [2.75, 3.05) is 0 Å². The Bertz CT molecular complexity index is 725. The number of rotatable bonds is 5. The molecule has 0 aliphatic carbocycles. The molecule has 2 heterocycles. The molecule has 0 aliphatic heterocycles. The molecule has 0 radical (unpaired) electrons. The van der Waals surface area contributed by atoms with Crippen molar-refractivity contribution in [3.05, 3.63) is 35.3 Å². The van der Waals surface area contributed by atoms with Crippen molar-refractivity contribution in [1.82, 2.24) is 19.7 Å². The number of nitrogens with zero attached hydrogens (tertiary/aromatic N) is 3. The number of aliphatic carboxylic acids is 1. The highest BCUT2D eigenvalue weighted by Crippen LogP contribution is 2.20. The molecule has 2 aromatic heterocycles. The van der Waals surface area contributed by atoms with Crippen LogP contribution in [0.4, 0.5) is 0 Å². The summed E-state index contributed by atoms with van der Waals surface area (Å²) in [4.78, 5) is 23.6. The molecule has 2 aromatic rings. The van der Waals surface area contributed by atoms with E-state index in [0.717, 1.165) is 11.4 Å². The van der Waals surface area contributed by atoms with Crippen LogP contribution in [0, 0.1) is 19.8 Å². The molecule has 7 nitrogen and oxygen atoms in total. The van der Waals surface area contributed by atoms with Crippen LogP contribution in [0.5, 0.6) is 0 Å². The Morgan fingerprint density at radius 1 is 1.22 bits per heavy atom. The molecule has 0 aliphatic rings. The number of hydrogen-bond acceptors (Lipinski definition) is 3. The van der Waals surface area contributed by atoms with Gasteiger partial charge in [-0.1, -0.05) is 0 Å². The zero-order valence-electron chi connectivity index (χ0n) is 14.0. The molecule has 2 unspecified atom stereocenters. The van der Waals surface area contributed by atoms with Crippen LogP contribution in [0.3, 0.4) is 0 Å². The molecule has 124 valence electrons. The second-order valence-electron chi connectivity index (χ2n) is 5.85. The number of nitrogens with one attached hydrogen (secondary N) is 1. The predicted molar refractivity (Wildman–Crippen MR) is 85.7 cm³/mol. The van der Waals surface area contributed by atoms with Crippen LogP contribution in [0.25, 0.3) is 5.82 Å². The number of carboxylic acids is 1. The quantitative estimate of drug-likeness (QED) is 0.877. The Morgan fingerprint density at radius 2 is 1.78 bits per heavy atom. The van der Waals surface area contributed by atoms with E-state index in [1.807, 2.05) is 30.5 Å². The summed E-state index contributed by atoms with van der Waals surface area (Å²) in [5.74, 6) is -1.28. The standard InChI is InChI=1S/C16H22N4O3/c1-9-6-7-10(2)20(9)15-13(8-17-19(15)5)14(21)18-12(4)11(3)16(22)23/h6-8,11-12H,1-5H3,(H,18,21)(H,22,23). The minimum absolute atomic E-state index is 0.332. The molecule has 23 heavy (non-hydrogen) atoms. The van der Waals surface area contributed by atoms with Gasteiger partial charge in [0.1, 0.15) is 11.4 Å². The minimum Gasteiger partial charge on any atom is -0.481 e. The van der Waals surface area contributed by atoms with Gasteiger partial charge in [0.2, 0.25) is 0 Å². The summed E-state index contributed by atoms with van der Waals surface area (Å²) in [6.07, 6.45) is 1.50. The summed E-state index contributed by atoms with van der Waals surface area (Å²) >= 11 is 0. The van der Waals surface area contributed by atoms with Crippen LogP contribution in [-0.4, -0.2) is 37.4 Å². The summed E-state index contributed by atoms with van der Waals surface area (Å²) < 4.78 is 3.59. The normalized spacial score (nSPS) is 13.6. The maximum absolute atomic E-state index is 12.6. The first kappa shape index (κ1) is 16.8. The number of hydrogen-bond donors (Lipinski definition) is 2. The zero-order chi connectivity index (χ0) is 17.3. The van der Waals surface area contributed by atoms with E-state index in [1.165, 1.54) is 6.20 Å². The Kier molecular flexibility index (Phi) is 4.58. The van der Waals surface area contributed by atoms with Crippen LogP contribution in [0.1, 0.15) is 35.6 Å². The van der Waals surface area contributed by atoms with Crippen LogP contribution >= 0.6 is 0 Å². The lowest BCUT2D eigenvalue weighted by Gasteiger charge is -2.18. The highest BCUT2D eigenvalue weighted by molar-refractivity contribution is 5.97. The molecule has 0 spiro atoms. The fraction of sp³-hybridized carbons (Fsp3) is 0.438. The van der Waals surface area contributed by atoms with Gasteiger partial charge in [0, 0.05) is 24.5 Å². The maximum atomic E-state index is 12.6. The molecule has 0 saturated carbocycles. The average Bonchev–Trinajstić information content (AvgIpc) is 3.00. The molecule has 1 amide bonds. The molecule has 2 N–H and O–H groups in total. The van der Waals surface area contributed by atoms with E-state index >= 15 is 0 Å². The van der Waals surface area contributed by atoms with E-state index in [2.05, 4.69) is 10.4 Å². The Labute approximate surface area is 134 Å². The summed E-state index contributed by atoms with van der Waals surface area (Å²) in [6, 6.07) is 3.46. The van der Waals surface area contributed by atoms with Gasteiger partial charge in [-0.25, -0.2) is 0 Å². The predicted octanol–water partition coefficient (Wildman–Crippen LogP) is 1.67. The fourth-order valence-electron chi connectivity index (χ4n) is 2.48. The Balaban J connectivity index is 2.35. The second kappa shape index (κ2) is 6.28. The summed E-state index contributed by atoms with van der Waals surface area (Å²) in [5.41, 5.74) is 2.40. The Morgan fingerprint density at radius 3 is 2.30 bits per heavy atom. The number of amides is 1. The first-order valence-electron chi connectivity index (χ1n) is 7.45. The minimum atomic E-state index is -0.943. The first-order valence-corrected chi connectivity index (χ1v) is 7.45. The van der Waals surface area contributed by atoms with Crippen molar-refractivity contribution in [2.24, 2.45) is 13.0 Å². The number of aryl methyl sites for hydroxylation is 3. The summed E-state index contributed by atoms with van der Waals surface area (Å²) in [6.45, 7) is 7.16. The maximum Gasteiger partial charge on any atom is 0.308 e. The van der Waals surface area contributed by atoms with Crippen LogP contribution in [0.15, 0.2) is 18.3 Å². The largest absolute Gasteiger partial charge is 0.481 e. The molecular formula is C16H22N4O3. The third-order valence-corrected chi connectivity index (χ3v) is 4.13. The van der Waals surface area contributed by atoms with Crippen molar-refractivity contribution < 1.29 is 14.7 Å². The summed E-state index contributed by atoms with van der Waals surface area (Å²) in [7, 11) is 1.77. The van der Waals surface area contributed by atoms with E-state index < -0.39 is 17.9 Å². The SMILES string of the molecule is Cc1ccc(C)n1-c1c(C(=O)NC(C)C(C)C(=O)O)cnn1C. The summed E-state index contributed by atoms with van der Waals surface area (Å²) in [5, 5.41) is 16.0. The highest BCUT2D eigenvalue weighted by Gasteiger charge is 2.25. The van der Waals surface area contributed by atoms with Gasteiger partial charge in [-0.2, -0.15) is 5.10 Å². The lowest BCUT2D eigenvalue weighted by Crippen LogP contribution is -2.40. The molecular weight excluding hydrogens is 296 g/mol. The number of carbonyl (C=O) groups excluding carboxylic acids is 1. The topological polar surface area (TPSA) is 89.2 Å². The van der Waals surface area contributed by atoms with Gasteiger partial charge < -0.3 is 15.0 Å². The molecule has 0 fully saturated rings. The van der Waals surface area contributed by atoms with Gasteiger partial charge >= 0.3 is 5.97 Å². The van der Waals surface area contributed by atoms with Crippen molar-refractivity contribution in [3.63, 3.8) is 0 Å². The van der Waals surface area contributed by atoms with Crippen molar-refractivity contribution >= 4 is 11.9 Å². The van der Waals surface area contributed by atoms with Crippen molar-refractivity contribution in [3.8, 4) is 5.82 Å². The molecule has 0 saturated heterocycles. The number of aromatic nitrogens is 3. The lowest BCUT2D eigenvalue weighted by atomic mass is 10.0. The smallest absolute Gasteiger partial charge is 0.308 e. The van der Waals surface area contributed by atoms with Gasteiger partial charge in [-0.15, -0.1) is 0 Å². The van der Waals surface area contributed by atoms with Gasteiger partial charge in [-0.05, 0) is 39.8 Å². The average molecular weight is 318 g/mol. The van der Waals surface area contributed by atoms with Gasteiger partial charge in [0.15, 0.2) is 0 Å². The van der Waals surface area contributed by atoms with Crippen molar-refractivity contribution in [2.45, 2.75) is 33.7 Å². The van der Waals surface area contributed by atoms with E-state index in [-0.39, 0.29) is 5.91 Å². The van der Waals surface area contributed by atoms with Gasteiger partial charge in [0.05, 0.1) is 12.1 Å². The molecule has 0 bridgehead atoms. The van der Waals surface area contributed by atoms with E-state index in [0.29, 0.717) is 11.4 Å². The zero-order valence-corrected chi connectivity index (χ0v) is 14.0. The fourth-order valence-corrected chi connectivity index (χ4v) is 2.48. The molecule has 0 aromatic carbocycles.